The van der Waals surface area contributed by atoms with Gasteiger partial charge in [-0.1, -0.05) is 134 Å². The molecule has 2 saturated carbocycles. The van der Waals surface area contributed by atoms with Gasteiger partial charge in [0.15, 0.2) is 0 Å². The number of pyridine rings is 3. The molecule has 1 radical (unpaired) electrons. The van der Waals surface area contributed by atoms with Crippen LogP contribution in [0, 0.1) is 24.0 Å². The van der Waals surface area contributed by atoms with Gasteiger partial charge in [0.05, 0.1) is 13.7 Å². The fourth-order valence-electron chi connectivity index (χ4n) is 8.76. The minimum Gasteiger partial charge on any atom is -0.486 e. The van der Waals surface area contributed by atoms with E-state index in [-0.39, 0.29) is 20.1 Å². The van der Waals surface area contributed by atoms with Crippen molar-refractivity contribution in [2.24, 2.45) is 11.8 Å². The van der Waals surface area contributed by atoms with Gasteiger partial charge in [0.2, 0.25) is 5.71 Å². The minimum absolute atomic E-state index is 0. The molecule has 0 spiro atoms. The van der Waals surface area contributed by atoms with E-state index in [2.05, 4.69) is 114 Å². The van der Waals surface area contributed by atoms with E-state index in [9.17, 15) is 0 Å². The fraction of sp³-hybridized carbons (Fsp3) is 0.449. The Morgan fingerprint density at radius 1 is 0.709 bits per heavy atom. The van der Waals surface area contributed by atoms with Crippen LogP contribution in [0.2, 0.25) is 19.6 Å². The Kier molecular flexibility index (Phi) is 13.6. The van der Waals surface area contributed by atoms with Gasteiger partial charge in [-0.25, -0.2) is 4.98 Å². The van der Waals surface area contributed by atoms with Crippen LogP contribution in [0.4, 0.5) is 0 Å². The Hall–Kier alpha value is -3.44. The number of hydrogen-bond acceptors (Lipinski definition) is 4. The van der Waals surface area contributed by atoms with E-state index in [1.165, 1.54) is 75.3 Å². The van der Waals surface area contributed by atoms with Gasteiger partial charge in [0.1, 0.15) is 0 Å². The number of benzene rings is 2. The Balaban J connectivity index is 0.000000192. The molecule has 6 aromatic rings. The van der Waals surface area contributed by atoms with Crippen LogP contribution in [0.3, 0.4) is 0 Å². The summed E-state index contributed by atoms with van der Waals surface area (Å²) in [4.78, 5) is 14.4. The second-order valence-corrected chi connectivity index (χ2v) is 22.7. The van der Waals surface area contributed by atoms with Crippen molar-refractivity contribution >= 4 is 35.3 Å². The molecule has 55 heavy (non-hydrogen) atoms. The van der Waals surface area contributed by atoms with Crippen molar-refractivity contribution in [1.82, 2.24) is 15.0 Å². The molecule has 0 saturated heterocycles. The maximum atomic E-state index is 6.30. The van der Waals surface area contributed by atoms with E-state index >= 15 is 0 Å². The van der Waals surface area contributed by atoms with E-state index in [4.69, 9.17) is 19.4 Å². The zero-order valence-corrected chi connectivity index (χ0v) is 37.5. The molecule has 0 atom stereocenters. The van der Waals surface area contributed by atoms with Gasteiger partial charge in [-0.05, 0) is 76.3 Å². The molecule has 2 aliphatic carbocycles. The first-order valence-electron chi connectivity index (χ1n) is 20.7. The predicted octanol–water partition coefficient (Wildman–Crippen LogP) is 13.0. The zero-order chi connectivity index (χ0) is 37.8. The summed E-state index contributed by atoms with van der Waals surface area (Å²) in [7, 11) is -1.36. The molecule has 2 aromatic carbocycles. The first kappa shape index (κ1) is 41.2. The largest absolute Gasteiger partial charge is 0.486 e. The van der Waals surface area contributed by atoms with Crippen molar-refractivity contribution in [3.8, 4) is 22.5 Å². The van der Waals surface area contributed by atoms with Crippen LogP contribution in [-0.4, -0.2) is 23.0 Å². The normalized spacial score (nSPS) is 15.4. The summed E-state index contributed by atoms with van der Waals surface area (Å²) < 4.78 is 6.30. The first-order valence-corrected chi connectivity index (χ1v) is 24.2. The third kappa shape index (κ3) is 9.75. The maximum absolute atomic E-state index is 6.30. The molecule has 4 heterocycles. The van der Waals surface area contributed by atoms with Crippen molar-refractivity contribution in [3.05, 3.63) is 108 Å². The number of nitrogens with zero attached hydrogens (tertiary/aromatic N) is 3. The SMILES string of the molecule is CC(C)c1ccc2c(n1)oc1c(-c3cc(CC4CCCC4)c(C(C)C)cn3)[c-]ccc12.C[Si](C)(C)c1cnc(-c2[c-]cccc2)cc1CC1CCCCC1.[Ir]. The smallest absolute Gasteiger partial charge is 0.216 e. The van der Waals surface area contributed by atoms with Crippen molar-refractivity contribution in [1.29, 1.82) is 0 Å². The average molecular weight is 926 g/mol. The molecule has 8 rings (SSSR count). The van der Waals surface area contributed by atoms with E-state index in [1.54, 1.807) is 10.8 Å². The summed E-state index contributed by atoms with van der Waals surface area (Å²) in [5.74, 6) is 2.51. The second-order valence-electron chi connectivity index (χ2n) is 17.7. The number of aromatic nitrogens is 3. The quantitative estimate of drug-likeness (QED) is 0.107. The standard InChI is InChI=1S/C28H31N2O.C21H28NSi.Ir/c1-17(2)24-16-29-26(15-20(24)14-19-8-5-6-9-19)23-11-7-10-21-22-12-13-25(18(3)4)30-28(22)31-27(21)23;1-23(2,3)21-16-22-20(18-12-8-5-9-13-18)15-19(21)14-17-10-6-4-7-11-17;/h7,10,12-13,15-19H,5-6,8-9,14H2,1-4H3;5,8-9,12,15-17H,4,6-7,10-11,14H2,1-3H3;/q2*-1;. The topological polar surface area (TPSA) is 51.8 Å². The van der Waals surface area contributed by atoms with E-state index in [0.29, 0.717) is 17.5 Å². The molecule has 291 valence electrons. The van der Waals surface area contributed by atoms with E-state index in [1.807, 2.05) is 18.2 Å². The van der Waals surface area contributed by atoms with Crippen LogP contribution in [0.25, 0.3) is 44.6 Å². The van der Waals surface area contributed by atoms with Gasteiger partial charge in [0.25, 0.3) is 0 Å². The third-order valence-corrected chi connectivity index (χ3v) is 13.9. The number of rotatable bonds is 9. The van der Waals surface area contributed by atoms with Gasteiger partial charge >= 0.3 is 0 Å². The van der Waals surface area contributed by atoms with Crippen LogP contribution in [0.5, 0.6) is 0 Å². The Labute approximate surface area is 344 Å². The van der Waals surface area contributed by atoms with Crippen molar-refractivity contribution in [2.45, 2.75) is 130 Å². The number of hydrogen-bond donors (Lipinski definition) is 0. The summed E-state index contributed by atoms with van der Waals surface area (Å²) in [5.41, 5.74) is 11.0. The summed E-state index contributed by atoms with van der Waals surface area (Å²) >= 11 is 0. The Bertz CT molecular complexity index is 2170. The van der Waals surface area contributed by atoms with Crippen LogP contribution in [0.1, 0.15) is 120 Å². The van der Waals surface area contributed by atoms with Crippen LogP contribution >= 0.6 is 0 Å². The van der Waals surface area contributed by atoms with Crippen LogP contribution < -0.4 is 5.19 Å². The molecule has 4 nitrogen and oxygen atoms in total. The van der Waals surface area contributed by atoms with Crippen molar-refractivity contribution in [2.75, 3.05) is 0 Å². The van der Waals surface area contributed by atoms with Crippen LogP contribution in [-0.2, 0) is 32.9 Å². The summed E-state index contributed by atoms with van der Waals surface area (Å²) in [5, 5.41) is 3.68. The number of furan rings is 1. The van der Waals surface area contributed by atoms with Crippen molar-refractivity contribution in [3.63, 3.8) is 0 Å². The van der Waals surface area contributed by atoms with Crippen LogP contribution in [0.15, 0.2) is 77.5 Å². The molecule has 0 amide bonds. The Morgan fingerprint density at radius 2 is 1.38 bits per heavy atom. The maximum Gasteiger partial charge on any atom is 0.216 e. The van der Waals surface area contributed by atoms with Gasteiger partial charge in [0, 0.05) is 43.6 Å². The van der Waals surface area contributed by atoms with Crippen molar-refractivity contribution < 1.29 is 24.5 Å². The molecular weight excluding hydrogens is 867 g/mol. The summed E-state index contributed by atoms with van der Waals surface area (Å²) in [6.07, 6.45) is 19.1. The van der Waals surface area contributed by atoms with Gasteiger partial charge in [-0.2, -0.15) is 0 Å². The molecular formula is C49H59IrN3OSi-2. The fourth-order valence-corrected chi connectivity index (χ4v) is 10.3. The molecule has 4 aromatic heterocycles. The molecule has 0 aliphatic heterocycles. The van der Waals surface area contributed by atoms with Gasteiger partial charge in [-0.15, -0.1) is 54.1 Å². The number of fused-ring (bicyclic) bond motifs is 3. The molecule has 0 N–H and O–H groups in total. The monoisotopic (exact) mass is 926 g/mol. The third-order valence-electron chi connectivity index (χ3n) is 11.8. The first-order chi connectivity index (χ1) is 26.0. The average Bonchev–Trinajstić information content (AvgIpc) is 3.83. The van der Waals surface area contributed by atoms with E-state index in [0.717, 1.165) is 62.8 Å². The summed E-state index contributed by atoms with van der Waals surface area (Å²) in [6.45, 7) is 16.1. The molecule has 6 heteroatoms. The van der Waals surface area contributed by atoms with E-state index < -0.39 is 8.07 Å². The molecule has 2 fully saturated rings. The van der Waals surface area contributed by atoms with Gasteiger partial charge < -0.3 is 14.4 Å². The zero-order valence-electron chi connectivity index (χ0n) is 34.1. The molecule has 0 unspecified atom stereocenters. The molecule has 2 aliphatic rings. The van der Waals surface area contributed by atoms with Gasteiger partial charge in [-0.3, -0.25) is 0 Å². The Morgan fingerprint density at radius 3 is 2.04 bits per heavy atom. The molecule has 0 bridgehead atoms. The second kappa shape index (κ2) is 18.2. The predicted molar refractivity (Wildman–Crippen MR) is 229 cm³/mol. The minimum atomic E-state index is -1.36. The summed E-state index contributed by atoms with van der Waals surface area (Å²) in [6, 6.07) is 27.8.